The van der Waals surface area contributed by atoms with Crippen LogP contribution in [0.15, 0.2) is 36.4 Å². The average molecular weight is 412 g/mol. The highest BCUT2D eigenvalue weighted by atomic mass is 19.2. The SMILES string of the molecule is O=C1OC(=O)[C@]23[C@H]4c5ccccc5[C@H](c5c(F)c(F)c(F)c(F)c54)[C@]12[C@H]1C=C[C@@H]3C1. The summed E-state index contributed by atoms with van der Waals surface area (Å²) < 4.78 is 64.3. The maximum absolute atomic E-state index is 15.2. The summed E-state index contributed by atoms with van der Waals surface area (Å²) in [5.74, 6) is -11.6. The number of ether oxygens (including phenoxy) is 1. The van der Waals surface area contributed by atoms with Gasteiger partial charge in [0.15, 0.2) is 23.3 Å². The van der Waals surface area contributed by atoms with Gasteiger partial charge in [-0.05, 0) is 29.4 Å². The third-order valence-electron chi connectivity index (χ3n) is 8.25. The van der Waals surface area contributed by atoms with Crippen LogP contribution in [0.3, 0.4) is 0 Å². The van der Waals surface area contributed by atoms with Crippen LogP contribution in [0.1, 0.15) is 40.5 Å². The first-order valence-corrected chi connectivity index (χ1v) is 9.78. The predicted molar refractivity (Wildman–Crippen MR) is 93.1 cm³/mol. The Labute approximate surface area is 167 Å². The summed E-state index contributed by atoms with van der Waals surface area (Å²) in [5, 5.41) is 0. The minimum Gasteiger partial charge on any atom is -0.392 e. The van der Waals surface area contributed by atoms with E-state index in [4.69, 9.17) is 4.74 Å². The van der Waals surface area contributed by atoms with E-state index in [1.54, 1.807) is 24.3 Å². The summed E-state index contributed by atoms with van der Waals surface area (Å²) >= 11 is 0. The molecule has 8 rings (SSSR count). The number of carbonyl (C=O) groups excluding carboxylic acids is 2. The average Bonchev–Trinajstić information content (AvgIpc) is 3.42. The lowest BCUT2D eigenvalue weighted by molar-refractivity contribution is -0.157. The zero-order valence-corrected chi connectivity index (χ0v) is 15.2. The number of allylic oxidation sites excluding steroid dienone is 2. The lowest BCUT2D eigenvalue weighted by Crippen LogP contribution is -2.61. The van der Waals surface area contributed by atoms with Gasteiger partial charge in [0.25, 0.3) is 0 Å². The van der Waals surface area contributed by atoms with Crippen molar-refractivity contribution in [3.63, 3.8) is 0 Å². The van der Waals surface area contributed by atoms with Crippen LogP contribution in [-0.2, 0) is 14.3 Å². The molecule has 0 radical (unpaired) electrons. The van der Waals surface area contributed by atoms with Crippen LogP contribution in [0, 0.1) is 45.9 Å². The molecule has 0 unspecified atom stereocenters. The second-order valence-corrected chi connectivity index (χ2v) is 8.83. The van der Waals surface area contributed by atoms with Gasteiger partial charge in [0.05, 0.1) is 0 Å². The summed E-state index contributed by atoms with van der Waals surface area (Å²) in [6.45, 7) is 0. The Balaban J connectivity index is 1.74. The largest absolute Gasteiger partial charge is 0.392 e. The Morgan fingerprint density at radius 2 is 1.17 bits per heavy atom. The molecule has 5 aliphatic carbocycles. The molecule has 1 heterocycles. The molecular formula is C23H12F4O3. The van der Waals surface area contributed by atoms with E-state index in [1.807, 2.05) is 12.2 Å². The Morgan fingerprint density at radius 1 is 0.733 bits per heavy atom. The molecule has 6 aliphatic rings. The Bertz CT molecular complexity index is 1190. The number of esters is 2. The van der Waals surface area contributed by atoms with Gasteiger partial charge < -0.3 is 4.74 Å². The minimum absolute atomic E-state index is 0.363. The van der Waals surface area contributed by atoms with Crippen molar-refractivity contribution in [3.8, 4) is 0 Å². The number of hydrogen-bond acceptors (Lipinski definition) is 3. The molecule has 0 aromatic heterocycles. The monoisotopic (exact) mass is 412 g/mol. The van der Waals surface area contributed by atoms with Gasteiger partial charge in [0.2, 0.25) is 0 Å². The molecule has 30 heavy (non-hydrogen) atoms. The number of fused-ring (bicyclic) bond motifs is 2. The number of cyclic esters (lactones) is 2. The smallest absolute Gasteiger partial charge is 0.322 e. The van der Waals surface area contributed by atoms with Gasteiger partial charge in [0.1, 0.15) is 10.8 Å². The molecule has 0 amide bonds. The van der Waals surface area contributed by atoms with Crippen molar-refractivity contribution in [3.05, 3.63) is 81.9 Å². The van der Waals surface area contributed by atoms with Crippen molar-refractivity contribution < 1.29 is 31.9 Å². The standard InChI is InChI=1S/C23H12F4O3/c24-16-12-13(17(25)19(27)18(16)26)15-11-4-2-1-3-10(11)14(12)22-8-5-6-9(7-8)23(15,22)21(29)30-20(22)28/h1-6,8-9,14-15H,7H2/t8-,9+,14+,15-,22+,23-. The lowest BCUT2D eigenvalue weighted by Gasteiger charge is -2.58. The number of benzene rings is 2. The third kappa shape index (κ3) is 1.29. The summed E-state index contributed by atoms with van der Waals surface area (Å²) in [6.07, 6.45) is 4.09. The van der Waals surface area contributed by atoms with Crippen LogP contribution in [-0.4, -0.2) is 11.9 Å². The molecule has 3 nitrogen and oxygen atoms in total. The summed E-state index contributed by atoms with van der Waals surface area (Å²) in [5.41, 5.74) is -2.65. The van der Waals surface area contributed by atoms with Crippen molar-refractivity contribution in [1.29, 1.82) is 0 Å². The highest BCUT2D eigenvalue weighted by molar-refractivity contribution is 6.07. The number of rotatable bonds is 0. The summed E-state index contributed by atoms with van der Waals surface area (Å²) in [7, 11) is 0. The van der Waals surface area contributed by atoms with Crippen LogP contribution < -0.4 is 0 Å². The first-order chi connectivity index (χ1) is 14.4. The van der Waals surface area contributed by atoms with Gasteiger partial charge in [-0.2, -0.15) is 0 Å². The zero-order chi connectivity index (χ0) is 20.7. The highest BCUT2D eigenvalue weighted by Crippen LogP contribution is 2.83. The summed E-state index contributed by atoms with van der Waals surface area (Å²) in [4.78, 5) is 26.6. The number of hydrogen-bond donors (Lipinski definition) is 0. The normalized spacial score (nSPS) is 38.4. The van der Waals surface area contributed by atoms with Crippen LogP contribution in [0.2, 0.25) is 0 Å². The van der Waals surface area contributed by atoms with Crippen molar-refractivity contribution in [1.82, 2.24) is 0 Å². The molecule has 0 spiro atoms. The van der Waals surface area contributed by atoms with Crippen molar-refractivity contribution in [2.45, 2.75) is 18.3 Å². The van der Waals surface area contributed by atoms with E-state index in [-0.39, 0.29) is 11.1 Å². The van der Waals surface area contributed by atoms with Crippen LogP contribution >= 0.6 is 0 Å². The molecule has 7 heteroatoms. The van der Waals surface area contributed by atoms with Crippen LogP contribution in [0.4, 0.5) is 17.6 Å². The molecule has 6 atom stereocenters. The van der Waals surface area contributed by atoms with Gasteiger partial charge in [-0.3, -0.25) is 9.59 Å². The fourth-order valence-corrected chi connectivity index (χ4v) is 7.55. The van der Waals surface area contributed by atoms with Crippen LogP contribution in [0.5, 0.6) is 0 Å². The number of carbonyl (C=O) groups is 2. The second-order valence-electron chi connectivity index (χ2n) is 8.83. The quantitative estimate of drug-likeness (QED) is 0.163. The summed E-state index contributed by atoms with van der Waals surface area (Å²) in [6, 6.07) is 6.74. The number of halogens is 4. The predicted octanol–water partition coefficient (Wildman–Crippen LogP) is 4.10. The maximum Gasteiger partial charge on any atom is 0.322 e. The molecule has 1 aliphatic heterocycles. The zero-order valence-electron chi connectivity index (χ0n) is 15.2. The van der Waals surface area contributed by atoms with Crippen molar-refractivity contribution in [2.24, 2.45) is 22.7 Å². The van der Waals surface area contributed by atoms with E-state index in [1.165, 1.54) is 0 Å². The van der Waals surface area contributed by atoms with E-state index in [0.29, 0.717) is 17.5 Å². The van der Waals surface area contributed by atoms with Crippen molar-refractivity contribution >= 4 is 11.9 Å². The fraction of sp³-hybridized carbons (Fsp3) is 0.304. The Kier molecular flexibility index (Phi) is 2.62. The van der Waals surface area contributed by atoms with Gasteiger partial charge in [-0.15, -0.1) is 0 Å². The highest BCUT2D eigenvalue weighted by Gasteiger charge is 2.87. The van der Waals surface area contributed by atoms with E-state index in [2.05, 4.69) is 0 Å². The molecule has 1 saturated heterocycles. The van der Waals surface area contributed by atoms with E-state index >= 15 is 8.78 Å². The molecule has 0 N–H and O–H groups in total. The van der Waals surface area contributed by atoms with Gasteiger partial charge in [-0.25, -0.2) is 17.6 Å². The van der Waals surface area contributed by atoms with E-state index in [0.717, 1.165) is 0 Å². The second kappa shape index (κ2) is 4.68. The van der Waals surface area contributed by atoms with Crippen LogP contribution in [0.25, 0.3) is 0 Å². The van der Waals surface area contributed by atoms with Crippen molar-refractivity contribution in [2.75, 3.05) is 0 Å². The molecule has 4 bridgehead atoms. The topological polar surface area (TPSA) is 43.4 Å². The fourth-order valence-electron chi connectivity index (χ4n) is 7.55. The minimum atomic E-state index is -1.91. The first kappa shape index (κ1) is 16.8. The molecule has 1 saturated carbocycles. The maximum atomic E-state index is 15.2. The van der Waals surface area contributed by atoms with E-state index in [9.17, 15) is 18.4 Å². The first-order valence-electron chi connectivity index (χ1n) is 9.78. The van der Waals surface area contributed by atoms with Gasteiger partial charge >= 0.3 is 11.9 Å². The molecular weight excluding hydrogens is 400 g/mol. The molecule has 2 fully saturated rings. The van der Waals surface area contributed by atoms with Gasteiger partial charge in [-0.1, -0.05) is 36.4 Å². The molecule has 2 aromatic rings. The Morgan fingerprint density at radius 3 is 1.60 bits per heavy atom. The van der Waals surface area contributed by atoms with E-state index < -0.39 is 69.7 Å². The molecule has 2 aromatic carbocycles. The lowest BCUT2D eigenvalue weighted by atomic mass is 9.38. The Hall–Kier alpha value is -2.96. The third-order valence-corrected chi connectivity index (χ3v) is 8.25. The van der Waals surface area contributed by atoms with Gasteiger partial charge in [0, 0.05) is 23.0 Å². The molecule has 150 valence electrons.